The SMILES string of the molecule is CSCC[C@H](NC(=O)[C@H](Cc1ccccc1)NC(C)=O)C(=O)NC(C)(C)C(=O)O. The van der Waals surface area contributed by atoms with Gasteiger partial charge in [-0.05, 0) is 37.8 Å². The number of hydrogen-bond donors (Lipinski definition) is 4. The number of nitrogens with one attached hydrogen (secondary N) is 3. The number of benzene rings is 1. The fourth-order valence-corrected chi connectivity index (χ4v) is 3.00. The lowest BCUT2D eigenvalue weighted by Crippen LogP contribution is -2.58. The molecule has 3 amide bonds. The van der Waals surface area contributed by atoms with Crippen LogP contribution in [0.5, 0.6) is 0 Å². The van der Waals surface area contributed by atoms with Gasteiger partial charge in [-0.3, -0.25) is 14.4 Å². The maximum atomic E-state index is 12.8. The van der Waals surface area contributed by atoms with E-state index in [-0.39, 0.29) is 12.3 Å². The molecule has 29 heavy (non-hydrogen) atoms. The fraction of sp³-hybridized carbons (Fsp3) is 0.500. The highest BCUT2D eigenvalue weighted by atomic mass is 32.2. The normalized spacial score (nSPS) is 13.1. The van der Waals surface area contributed by atoms with Crippen molar-refractivity contribution in [3.63, 3.8) is 0 Å². The van der Waals surface area contributed by atoms with Crippen molar-refractivity contribution in [2.45, 2.75) is 51.2 Å². The third-order valence-electron chi connectivity index (χ3n) is 4.19. The summed E-state index contributed by atoms with van der Waals surface area (Å²) in [4.78, 5) is 48.3. The van der Waals surface area contributed by atoms with Gasteiger partial charge in [0.15, 0.2) is 0 Å². The fourth-order valence-electron chi connectivity index (χ4n) is 2.53. The van der Waals surface area contributed by atoms with Crippen LogP contribution in [0.15, 0.2) is 30.3 Å². The Balaban J connectivity index is 2.94. The molecule has 0 spiro atoms. The van der Waals surface area contributed by atoms with Gasteiger partial charge in [0.25, 0.3) is 0 Å². The highest BCUT2D eigenvalue weighted by Crippen LogP contribution is 2.08. The average Bonchev–Trinajstić information content (AvgIpc) is 2.64. The maximum Gasteiger partial charge on any atom is 0.328 e. The molecule has 0 aromatic heterocycles. The minimum absolute atomic E-state index is 0.268. The van der Waals surface area contributed by atoms with E-state index >= 15 is 0 Å². The van der Waals surface area contributed by atoms with Gasteiger partial charge in [-0.1, -0.05) is 30.3 Å². The second-order valence-corrected chi connectivity index (χ2v) is 8.19. The molecular weight excluding hydrogens is 394 g/mol. The zero-order valence-electron chi connectivity index (χ0n) is 17.2. The van der Waals surface area contributed by atoms with Crippen LogP contribution in [0.2, 0.25) is 0 Å². The molecule has 0 radical (unpaired) electrons. The quantitative estimate of drug-likeness (QED) is 0.420. The Bertz CT molecular complexity index is 724. The number of thioether (sulfide) groups is 1. The molecule has 0 aliphatic heterocycles. The van der Waals surface area contributed by atoms with E-state index in [1.54, 1.807) is 0 Å². The summed E-state index contributed by atoms with van der Waals surface area (Å²) in [6.07, 6.45) is 2.46. The van der Waals surface area contributed by atoms with Gasteiger partial charge in [-0.2, -0.15) is 11.8 Å². The molecule has 0 aliphatic carbocycles. The first-order valence-corrected chi connectivity index (χ1v) is 10.6. The summed E-state index contributed by atoms with van der Waals surface area (Å²) in [7, 11) is 0. The van der Waals surface area contributed by atoms with Crippen LogP contribution in [-0.4, -0.2) is 58.4 Å². The molecule has 0 bridgehead atoms. The molecule has 2 atom stereocenters. The summed E-state index contributed by atoms with van der Waals surface area (Å²) in [5.41, 5.74) is -0.612. The minimum atomic E-state index is -1.47. The topological polar surface area (TPSA) is 125 Å². The van der Waals surface area contributed by atoms with E-state index in [2.05, 4.69) is 16.0 Å². The molecule has 0 saturated heterocycles. The van der Waals surface area contributed by atoms with E-state index in [1.165, 1.54) is 32.5 Å². The van der Waals surface area contributed by atoms with Crippen molar-refractivity contribution in [2.75, 3.05) is 12.0 Å². The van der Waals surface area contributed by atoms with Gasteiger partial charge in [0.2, 0.25) is 17.7 Å². The van der Waals surface area contributed by atoms with Crippen molar-refractivity contribution in [2.24, 2.45) is 0 Å². The molecule has 4 N–H and O–H groups in total. The van der Waals surface area contributed by atoms with E-state index in [1.807, 2.05) is 36.6 Å². The van der Waals surface area contributed by atoms with Crippen LogP contribution in [0.1, 0.15) is 32.8 Å². The predicted octanol–water partition coefficient (Wildman–Crippen LogP) is 0.951. The molecule has 0 saturated carbocycles. The maximum absolute atomic E-state index is 12.8. The minimum Gasteiger partial charge on any atom is -0.480 e. The zero-order chi connectivity index (χ0) is 22.0. The number of amides is 3. The Kier molecular flexibility index (Phi) is 9.67. The van der Waals surface area contributed by atoms with Gasteiger partial charge in [-0.15, -0.1) is 0 Å². The van der Waals surface area contributed by atoms with Gasteiger partial charge < -0.3 is 21.1 Å². The molecular formula is C20H29N3O5S. The second-order valence-electron chi connectivity index (χ2n) is 7.20. The van der Waals surface area contributed by atoms with E-state index in [9.17, 15) is 24.3 Å². The van der Waals surface area contributed by atoms with Gasteiger partial charge in [0.1, 0.15) is 17.6 Å². The summed E-state index contributed by atoms with van der Waals surface area (Å²) in [5.74, 6) is -2.03. The lowest BCUT2D eigenvalue weighted by Gasteiger charge is -2.27. The van der Waals surface area contributed by atoms with E-state index < -0.39 is 35.4 Å². The van der Waals surface area contributed by atoms with Crippen LogP contribution in [0, 0.1) is 0 Å². The van der Waals surface area contributed by atoms with Crippen molar-refractivity contribution < 1.29 is 24.3 Å². The van der Waals surface area contributed by atoms with Crippen molar-refractivity contribution in [3.8, 4) is 0 Å². The van der Waals surface area contributed by atoms with Crippen molar-refractivity contribution in [3.05, 3.63) is 35.9 Å². The molecule has 0 aliphatic rings. The summed E-state index contributed by atoms with van der Waals surface area (Å²) < 4.78 is 0. The number of hydrogen-bond acceptors (Lipinski definition) is 5. The summed E-state index contributed by atoms with van der Waals surface area (Å²) >= 11 is 1.50. The van der Waals surface area contributed by atoms with E-state index in [0.29, 0.717) is 12.2 Å². The molecule has 1 aromatic rings. The molecule has 160 valence electrons. The highest BCUT2D eigenvalue weighted by Gasteiger charge is 2.33. The summed E-state index contributed by atoms with van der Waals surface area (Å²) in [6.45, 7) is 4.06. The summed E-state index contributed by atoms with van der Waals surface area (Å²) in [6, 6.07) is 7.43. The van der Waals surface area contributed by atoms with Gasteiger partial charge in [0.05, 0.1) is 0 Å². The molecule has 0 unspecified atom stereocenters. The van der Waals surface area contributed by atoms with Crippen molar-refractivity contribution in [1.82, 2.24) is 16.0 Å². The number of rotatable bonds is 11. The monoisotopic (exact) mass is 423 g/mol. The smallest absolute Gasteiger partial charge is 0.328 e. The Morgan fingerprint density at radius 2 is 1.66 bits per heavy atom. The van der Waals surface area contributed by atoms with E-state index in [0.717, 1.165) is 5.56 Å². The molecule has 8 nitrogen and oxygen atoms in total. The molecule has 9 heteroatoms. The first kappa shape index (κ1) is 24.5. The number of carboxylic acids is 1. The van der Waals surface area contributed by atoms with Crippen LogP contribution < -0.4 is 16.0 Å². The first-order valence-electron chi connectivity index (χ1n) is 9.22. The predicted molar refractivity (Wildman–Crippen MR) is 113 cm³/mol. The first-order chi connectivity index (χ1) is 13.6. The standard InChI is InChI=1S/C20H29N3O5S/c1-13(24)21-16(12-14-8-6-5-7-9-14)17(25)22-15(10-11-29-4)18(26)23-20(2,3)19(27)28/h5-9,15-16H,10-12H2,1-4H3,(H,21,24)(H,22,25)(H,23,26)(H,27,28)/t15-,16-/m0/s1. The largest absolute Gasteiger partial charge is 0.480 e. The van der Waals surface area contributed by atoms with Gasteiger partial charge in [-0.25, -0.2) is 4.79 Å². The Morgan fingerprint density at radius 1 is 1.03 bits per heavy atom. The Morgan fingerprint density at radius 3 is 2.17 bits per heavy atom. The highest BCUT2D eigenvalue weighted by molar-refractivity contribution is 7.98. The van der Waals surface area contributed by atoms with Crippen LogP contribution >= 0.6 is 11.8 Å². The third-order valence-corrected chi connectivity index (χ3v) is 4.83. The molecule has 0 heterocycles. The van der Waals surface area contributed by atoms with Crippen LogP contribution in [0.3, 0.4) is 0 Å². The Hall–Kier alpha value is -2.55. The van der Waals surface area contributed by atoms with Crippen LogP contribution in [-0.2, 0) is 25.6 Å². The zero-order valence-corrected chi connectivity index (χ0v) is 18.0. The number of carbonyl (C=O) groups is 4. The number of carbonyl (C=O) groups excluding carboxylic acids is 3. The number of carboxylic acid groups (broad SMARTS) is 1. The van der Waals surface area contributed by atoms with Gasteiger partial charge >= 0.3 is 5.97 Å². The van der Waals surface area contributed by atoms with Crippen molar-refractivity contribution in [1.29, 1.82) is 0 Å². The van der Waals surface area contributed by atoms with E-state index in [4.69, 9.17) is 0 Å². The van der Waals surface area contributed by atoms with Crippen molar-refractivity contribution >= 4 is 35.5 Å². The number of aliphatic carboxylic acids is 1. The molecule has 1 rings (SSSR count). The molecule has 1 aromatic carbocycles. The lowest BCUT2D eigenvalue weighted by molar-refractivity contribution is -0.146. The second kappa shape index (κ2) is 11.5. The van der Waals surface area contributed by atoms with Crippen LogP contribution in [0.4, 0.5) is 0 Å². The average molecular weight is 424 g/mol. The Labute approximate surface area is 175 Å². The third kappa shape index (κ3) is 8.55. The molecule has 0 fully saturated rings. The summed E-state index contributed by atoms with van der Waals surface area (Å²) in [5, 5.41) is 17.0. The van der Waals surface area contributed by atoms with Crippen LogP contribution in [0.25, 0.3) is 0 Å². The van der Waals surface area contributed by atoms with Gasteiger partial charge in [0, 0.05) is 13.3 Å². The lowest BCUT2D eigenvalue weighted by atomic mass is 10.0.